The second kappa shape index (κ2) is 11.2. The van der Waals surface area contributed by atoms with E-state index in [1.54, 1.807) is 0 Å². The molecule has 5 rings (SSSR count). The van der Waals surface area contributed by atoms with Crippen LogP contribution in [-0.2, 0) is 4.79 Å². The van der Waals surface area contributed by atoms with Crippen LogP contribution in [0, 0.1) is 18.6 Å². The smallest absolute Gasteiger partial charge is 0.246 e. The highest BCUT2D eigenvalue weighted by molar-refractivity contribution is 5.91. The molecule has 0 atom stereocenters. The lowest BCUT2D eigenvalue weighted by molar-refractivity contribution is -0.130. The summed E-state index contributed by atoms with van der Waals surface area (Å²) in [6.07, 6.45) is 9.23. The van der Waals surface area contributed by atoms with Crippen molar-refractivity contribution in [2.24, 2.45) is 0 Å². The lowest BCUT2D eigenvalue weighted by Crippen LogP contribution is -2.55. The van der Waals surface area contributed by atoms with Crippen molar-refractivity contribution in [1.82, 2.24) is 19.9 Å². The van der Waals surface area contributed by atoms with E-state index in [-0.39, 0.29) is 11.5 Å². The predicted molar refractivity (Wildman–Crippen MR) is 144 cm³/mol. The van der Waals surface area contributed by atoms with Crippen LogP contribution in [0.2, 0.25) is 0 Å². The molecule has 0 bridgehead atoms. The Morgan fingerprint density at radius 1 is 1.05 bits per heavy atom. The van der Waals surface area contributed by atoms with Crippen molar-refractivity contribution in [1.29, 1.82) is 0 Å². The molecule has 3 aromatic rings. The van der Waals surface area contributed by atoms with E-state index >= 15 is 0 Å². The monoisotopic (exact) mass is 506 g/mol. The number of para-hydroxylation sites is 1. The van der Waals surface area contributed by atoms with E-state index in [2.05, 4.69) is 52.4 Å². The number of piperidine rings is 2. The zero-order valence-electron chi connectivity index (χ0n) is 21.7. The summed E-state index contributed by atoms with van der Waals surface area (Å²) < 4.78 is 27.6. The average Bonchev–Trinajstić information content (AvgIpc) is 3.36. The molecule has 196 valence electrons. The lowest BCUT2D eigenvalue weighted by Gasteiger charge is -2.46. The summed E-state index contributed by atoms with van der Waals surface area (Å²) in [4.78, 5) is 18.0. The minimum atomic E-state index is -0.599. The van der Waals surface area contributed by atoms with E-state index < -0.39 is 11.6 Å². The van der Waals surface area contributed by atoms with E-state index in [0.29, 0.717) is 30.6 Å². The summed E-state index contributed by atoms with van der Waals surface area (Å²) >= 11 is 0. The lowest BCUT2D eigenvalue weighted by atomic mass is 9.89. The fourth-order valence-corrected chi connectivity index (χ4v) is 5.97. The quantitative estimate of drug-likeness (QED) is 0.425. The Hall–Kier alpha value is -3.03. The first-order valence-corrected chi connectivity index (χ1v) is 13.4. The third kappa shape index (κ3) is 5.48. The van der Waals surface area contributed by atoms with Gasteiger partial charge in [0.2, 0.25) is 5.91 Å². The number of benzene rings is 2. The van der Waals surface area contributed by atoms with Gasteiger partial charge in [0.25, 0.3) is 0 Å². The molecule has 2 aliphatic rings. The van der Waals surface area contributed by atoms with Crippen LogP contribution in [0.3, 0.4) is 0 Å². The number of H-pyrrole nitrogens is 1. The maximum atomic E-state index is 13.8. The maximum absolute atomic E-state index is 13.8. The van der Waals surface area contributed by atoms with Crippen molar-refractivity contribution in [2.45, 2.75) is 51.5 Å². The predicted octanol–water partition coefficient (Wildman–Crippen LogP) is 5.88. The number of fused-ring (bicyclic) bond motifs is 1. The summed E-state index contributed by atoms with van der Waals surface area (Å²) in [5.41, 5.74) is 3.00. The van der Waals surface area contributed by atoms with Gasteiger partial charge in [0.1, 0.15) is 11.6 Å². The molecule has 5 nitrogen and oxygen atoms in total. The molecule has 2 aromatic carbocycles. The maximum Gasteiger partial charge on any atom is 0.246 e. The first-order chi connectivity index (χ1) is 17.9. The third-order valence-electron chi connectivity index (χ3n) is 8.14. The molecule has 1 N–H and O–H groups in total. The van der Waals surface area contributed by atoms with E-state index in [0.717, 1.165) is 45.3 Å². The number of hydrogen-bond donors (Lipinski definition) is 1. The molecule has 0 aliphatic carbocycles. The summed E-state index contributed by atoms with van der Waals surface area (Å²) in [5, 5.41) is 6.38. The largest absolute Gasteiger partial charge is 0.361 e. The SMILES string of the molecule is CCN(C1CCN(C(=O)/C=C/c2cc(F)c(C)c(F)c2)CC1)N1CCC(c2c[nH]c3ccccc23)CC1. The molecular weight excluding hydrogens is 470 g/mol. The Morgan fingerprint density at radius 2 is 1.73 bits per heavy atom. The van der Waals surface area contributed by atoms with Crippen molar-refractivity contribution in [3.8, 4) is 0 Å². The summed E-state index contributed by atoms with van der Waals surface area (Å²) in [6, 6.07) is 11.5. The number of hydrogen-bond acceptors (Lipinski definition) is 3. The Kier molecular flexibility index (Phi) is 7.72. The van der Waals surface area contributed by atoms with Crippen LogP contribution in [0.1, 0.15) is 55.2 Å². The van der Waals surface area contributed by atoms with E-state index in [4.69, 9.17) is 0 Å². The number of rotatable bonds is 6. The van der Waals surface area contributed by atoms with Crippen molar-refractivity contribution in [2.75, 3.05) is 32.7 Å². The van der Waals surface area contributed by atoms with Crippen LogP contribution in [0.4, 0.5) is 8.78 Å². The van der Waals surface area contributed by atoms with Gasteiger partial charge in [-0.2, -0.15) is 0 Å². The number of nitrogens with one attached hydrogen (secondary N) is 1. The molecular formula is C30H36F2N4O. The van der Waals surface area contributed by atoms with Gasteiger partial charge in [0, 0.05) is 67.5 Å². The molecule has 0 unspecified atom stereocenters. The Morgan fingerprint density at radius 3 is 2.41 bits per heavy atom. The zero-order chi connectivity index (χ0) is 25.9. The molecule has 2 saturated heterocycles. The number of amides is 1. The molecule has 0 saturated carbocycles. The normalized spacial score (nSPS) is 18.5. The van der Waals surface area contributed by atoms with Crippen molar-refractivity contribution in [3.05, 3.63) is 77.0 Å². The number of hydrazine groups is 1. The average molecular weight is 507 g/mol. The highest BCUT2D eigenvalue weighted by atomic mass is 19.1. The first-order valence-electron chi connectivity index (χ1n) is 13.4. The van der Waals surface area contributed by atoms with Crippen LogP contribution in [0.15, 0.2) is 48.7 Å². The molecule has 2 fully saturated rings. The van der Waals surface area contributed by atoms with Gasteiger partial charge in [-0.1, -0.05) is 25.1 Å². The van der Waals surface area contributed by atoms with Crippen LogP contribution in [-0.4, -0.2) is 64.6 Å². The van der Waals surface area contributed by atoms with Crippen molar-refractivity contribution < 1.29 is 13.6 Å². The molecule has 0 spiro atoms. The summed E-state index contributed by atoms with van der Waals surface area (Å²) in [6.45, 7) is 8.04. The van der Waals surface area contributed by atoms with Crippen LogP contribution < -0.4 is 0 Å². The second-order valence-corrected chi connectivity index (χ2v) is 10.3. The number of aromatic amines is 1. The molecule has 3 heterocycles. The number of likely N-dealkylation sites (tertiary alicyclic amines) is 1. The van der Waals surface area contributed by atoms with Gasteiger partial charge in [0.05, 0.1) is 0 Å². The van der Waals surface area contributed by atoms with E-state index in [9.17, 15) is 13.6 Å². The van der Waals surface area contributed by atoms with Gasteiger partial charge in [0.15, 0.2) is 0 Å². The molecule has 0 radical (unpaired) electrons. The number of halogens is 2. The van der Waals surface area contributed by atoms with Crippen LogP contribution >= 0.6 is 0 Å². The number of nitrogens with zero attached hydrogens (tertiary/aromatic N) is 3. The van der Waals surface area contributed by atoms with Gasteiger partial charge in [-0.15, -0.1) is 0 Å². The standard InChI is InChI=1S/C30H36F2N4O/c1-3-36(35-16-10-23(11-17-35)26-20-33-29-7-5-4-6-25(26)29)24-12-14-34(15-13-24)30(37)9-8-22-18-27(31)21(2)28(32)19-22/h4-9,18-20,23-24,33H,3,10-17H2,1-2H3/b9-8+. The highest BCUT2D eigenvalue weighted by Crippen LogP contribution is 2.34. The fourth-order valence-electron chi connectivity index (χ4n) is 5.97. The van der Waals surface area contributed by atoms with Crippen LogP contribution in [0.25, 0.3) is 17.0 Å². The van der Waals surface area contributed by atoms with Crippen LogP contribution in [0.5, 0.6) is 0 Å². The van der Waals surface area contributed by atoms with Gasteiger partial charge in [-0.3, -0.25) is 4.79 Å². The Bertz CT molecular complexity index is 1250. The minimum absolute atomic E-state index is 0.00628. The number of carbonyl (C=O) groups excluding carboxylic acids is 1. The summed E-state index contributed by atoms with van der Waals surface area (Å²) in [5.74, 6) is -0.730. The molecule has 37 heavy (non-hydrogen) atoms. The topological polar surface area (TPSA) is 42.6 Å². The molecule has 1 aromatic heterocycles. The minimum Gasteiger partial charge on any atom is -0.361 e. The van der Waals surface area contributed by atoms with Gasteiger partial charge in [-0.05, 0) is 73.9 Å². The summed E-state index contributed by atoms with van der Waals surface area (Å²) in [7, 11) is 0. The zero-order valence-corrected chi connectivity index (χ0v) is 21.7. The van der Waals surface area contributed by atoms with E-state index in [1.165, 1.54) is 47.7 Å². The van der Waals surface area contributed by atoms with Gasteiger partial charge < -0.3 is 9.88 Å². The van der Waals surface area contributed by atoms with Gasteiger partial charge in [-0.25, -0.2) is 18.8 Å². The van der Waals surface area contributed by atoms with Crippen molar-refractivity contribution in [3.63, 3.8) is 0 Å². The first kappa shape index (κ1) is 25.6. The van der Waals surface area contributed by atoms with Crippen molar-refractivity contribution >= 4 is 22.9 Å². The fraction of sp³-hybridized carbons (Fsp3) is 0.433. The highest BCUT2D eigenvalue weighted by Gasteiger charge is 2.31. The van der Waals surface area contributed by atoms with E-state index in [1.807, 2.05) is 4.90 Å². The van der Waals surface area contributed by atoms with Gasteiger partial charge >= 0.3 is 0 Å². The Labute approximate surface area is 217 Å². The number of aromatic nitrogens is 1. The number of carbonyl (C=O) groups is 1. The molecule has 2 aliphatic heterocycles. The molecule has 1 amide bonds. The third-order valence-corrected chi connectivity index (χ3v) is 8.14. The molecule has 7 heteroatoms. The Balaban J connectivity index is 1.14. The second-order valence-electron chi connectivity index (χ2n) is 10.3.